The van der Waals surface area contributed by atoms with Gasteiger partial charge >= 0.3 is 5.97 Å². The van der Waals surface area contributed by atoms with E-state index < -0.39 is 11.5 Å². The lowest BCUT2D eigenvalue weighted by Crippen LogP contribution is -2.53. The first kappa shape index (κ1) is 11.7. The van der Waals surface area contributed by atoms with Crippen LogP contribution < -0.4 is 5.73 Å². The molecule has 3 N–H and O–H groups in total. The average Bonchev–Trinajstić information content (AvgIpc) is 2.03. The van der Waals surface area contributed by atoms with Gasteiger partial charge in [-0.3, -0.25) is 9.69 Å². The number of hydrogen-bond acceptors (Lipinski definition) is 4. The molecule has 0 aliphatic rings. The van der Waals surface area contributed by atoms with Crippen LogP contribution in [0.2, 0.25) is 0 Å². The Labute approximate surface area is 78.1 Å². The number of carboxylic acids is 1. The molecule has 0 aromatic rings. The molecule has 0 spiro atoms. The fourth-order valence-corrected chi connectivity index (χ4v) is 1.17. The van der Waals surface area contributed by atoms with Crippen LogP contribution in [0.1, 0.15) is 6.92 Å². The van der Waals surface area contributed by atoms with Crippen molar-refractivity contribution in [2.45, 2.75) is 12.5 Å². The van der Waals surface area contributed by atoms with Gasteiger partial charge in [-0.05, 0) is 14.0 Å². The van der Waals surface area contributed by atoms with Crippen molar-refractivity contribution in [2.24, 2.45) is 5.73 Å². The van der Waals surface area contributed by atoms with Gasteiger partial charge in [0, 0.05) is 18.8 Å². The van der Waals surface area contributed by atoms with E-state index in [-0.39, 0.29) is 5.75 Å². The molecule has 1 atom stereocenters. The Balaban J connectivity index is 4.39. The Morgan fingerprint density at radius 2 is 2.25 bits per heavy atom. The number of carbonyl (C=O) groups is 1. The third-order valence-electron chi connectivity index (χ3n) is 2.08. The third-order valence-corrected chi connectivity index (χ3v) is 2.69. The predicted molar refractivity (Wildman–Crippen MR) is 51.6 cm³/mol. The van der Waals surface area contributed by atoms with E-state index in [1.165, 1.54) is 0 Å². The first-order valence-corrected chi connectivity index (χ1v) is 4.38. The molecule has 5 heteroatoms. The Morgan fingerprint density at radius 3 is 2.50 bits per heavy atom. The molecule has 0 amide bonds. The second kappa shape index (κ2) is 4.69. The number of likely N-dealkylation sites (N-methyl/N-ethyl adjacent to an activating group) is 1. The summed E-state index contributed by atoms with van der Waals surface area (Å²) in [5.41, 5.74) is 4.41. The fraction of sp³-hybridized carbons (Fsp3) is 0.857. The van der Waals surface area contributed by atoms with E-state index in [0.717, 1.165) is 0 Å². The molecule has 0 aliphatic carbocycles. The van der Waals surface area contributed by atoms with Crippen LogP contribution in [0.5, 0.6) is 0 Å². The summed E-state index contributed by atoms with van der Waals surface area (Å²) in [6.07, 6.45) is 0. The zero-order valence-electron chi connectivity index (χ0n) is 7.45. The van der Waals surface area contributed by atoms with E-state index in [2.05, 4.69) is 12.6 Å². The predicted octanol–water partition coefficient (Wildman–Crippen LogP) is -0.350. The molecule has 0 heterocycles. The smallest absolute Gasteiger partial charge is 0.324 e. The van der Waals surface area contributed by atoms with E-state index >= 15 is 0 Å². The number of nitrogens with two attached hydrogens (primary N) is 1. The molecule has 0 unspecified atom stereocenters. The minimum absolute atomic E-state index is 0.277. The molecular weight excluding hydrogens is 176 g/mol. The van der Waals surface area contributed by atoms with Gasteiger partial charge in [0.2, 0.25) is 0 Å². The van der Waals surface area contributed by atoms with Crippen LogP contribution in [0.3, 0.4) is 0 Å². The molecule has 72 valence electrons. The maximum absolute atomic E-state index is 10.8. The SMILES string of the molecule is CN(CCN)[C@@](C)(CS)C(=O)O. The normalized spacial score (nSPS) is 16.1. The summed E-state index contributed by atoms with van der Waals surface area (Å²) >= 11 is 4.01. The van der Waals surface area contributed by atoms with Crippen molar-refractivity contribution in [3.63, 3.8) is 0 Å². The molecule has 0 aromatic heterocycles. The van der Waals surface area contributed by atoms with Gasteiger partial charge in [-0.1, -0.05) is 0 Å². The van der Waals surface area contributed by atoms with Gasteiger partial charge in [-0.25, -0.2) is 0 Å². The van der Waals surface area contributed by atoms with Crippen molar-refractivity contribution in [3.8, 4) is 0 Å². The van der Waals surface area contributed by atoms with Gasteiger partial charge in [-0.2, -0.15) is 12.6 Å². The number of nitrogens with zero attached hydrogens (tertiary/aromatic N) is 1. The van der Waals surface area contributed by atoms with Crippen LogP contribution in [-0.2, 0) is 4.79 Å². The highest BCUT2D eigenvalue weighted by molar-refractivity contribution is 7.80. The largest absolute Gasteiger partial charge is 0.480 e. The molecule has 0 aliphatic heterocycles. The van der Waals surface area contributed by atoms with E-state index in [1.54, 1.807) is 18.9 Å². The first-order valence-electron chi connectivity index (χ1n) is 3.74. The topological polar surface area (TPSA) is 66.6 Å². The summed E-state index contributed by atoms with van der Waals surface area (Å²) in [7, 11) is 1.73. The molecule has 4 nitrogen and oxygen atoms in total. The summed E-state index contributed by atoms with van der Waals surface area (Å²) < 4.78 is 0. The van der Waals surface area contributed by atoms with Crippen LogP contribution in [0.4, 0.5) is 0 Å². The number of aliphatic carboxylic acids is 1. The molecule has 0 aromatic carbocycles. The van der Waals surface area contributed by atoms with Gasteiger partial charge in [0.05, 0.1) is 0 Å². The van der Waals surface area contributed by atoms with Crippen molar-refractivity contribution < 1.29 is 9.90 Å². The highest BCUT2D eigenvalue weighted by Crippen LogP contribution is 2.14. The van der Waals surface area contributed by atoms with Crippen LogP contribution in [0.25, 0.3) is 0 Å². The molecule has 0 fully saturated rings. The van der Waals surface area contributed by atoms with Crippen LogP contribution in [0.15, 0.2) is 0 Å². The lowest BCUT2D eigenvalue weighted by molar-refractivity contribution is -0.148. The van der Waals surface area contributed by atoms with Crippen molar-refractivity contribution in [1.82, 2.24) is 4.90 Å². The first-order chi connectivity index (χ1) is 5.49. The Hall–Kier alpha value is -0.260. The maximum Gasteiger partial charge on any atom is 0.324 e. The van der Waals surface area contributed by atoms with Crippen molar-refractivity contribution in [2.75, 3.05) is 25.9 Å². The van der Waals surface area contributed by atoms with Crippen molar-refractivity contribution in [3.05, 3.63) is 0 Å². The number of thiol groups is 1. The second-order valence-electron chi connectivity index (χ2n) is 2.95. The number of hydrogen-bond donors (Lipinski definition) is 3. The standard InChI is InChI=1S/C7H16N2O2S/c1-7(5-12,6(10)11)9(2)4-3-8/h12H,3-5,8H2,1-2H3,(H,10,11)/t7-/m0/s1. The van der Waals surface area contributed by atoms with Crippen molar-refractivity contribution >= 4 is 18.6 Å². The molecule has 0 saturated carbocycles. The Morgan fingerprint density at radius 1 is 1.75 bits per heavy atom. The summed E-state index contributed by atoms with van der Waals surface area (Å²) in [5, 5.41) is 8.90. The monoisotopic (exact) mass is 192 g/mol. The maximum atomic E-state index is 10.8. The molecule has 12 heavy (non-hydrogen) atoms. The molecule has 0 bridgehead atoms. The number of rotatable bonds is 5. The van der Waals surface area contributed by atoms with Gasteiger partial charge in [0.1, 0.15) is 5.54 Å². The van der Waals surface area contributed by atoms with Gasteiger partial charge < -0.3 is 10.8 Å². The summed E-state index contributed by atoms with van der Waals surface area (Å²) in [4.78, 5) is 12.5. The molecule has 0 rings (SSSR count). The van der Waals surface area contributed by atoms with E-state index in [0.29, 0.717) is 13.1 Å². The lowest BCUT2D eigenvalue weighted by atomic mass is 10.0. The number of carboxylic acid groups (broad SMARTS) is 1. The van der Waals surface area contributed by atoms with Gasteiger partial charge in [-0.15, -0.1) is 0 Å². The minimum Gasteiger partial charge on any atom is -0.480 e. The summed E-state index contributed by atoms with van der Waals surface area (Å²) in [6, 6.07) is 0. The lowest BCUT2D eigenvalue weighted by Gasteiger charge is -2.33. The van der Waals surface area contributed by atoms with E-state index in [9.17, 15) is 4.79 Å². The van der Waals surface area contributed by atoms with Crippen LogP contribution in [-0.4, -0.2) is 47.4 Å². The molecular formula is C7H16N2O2S. The average molecular weight is 192 g/mol. The molecule has 0 saturated heterocycles. The van der Waals surface area contributed by atoms with E-state index in [4.69, 9.17) is 10.8 Å². The fourth-order valence-electron chi connectivity index (χ4n) is 0.792. The van der Waals surface area contributed by atoms with Gasteiger partial charge in [0.25, 0.3) is 0 Å². The highest BCUT2D eigenvalue weighted by atomic mass is 32.1. The van der Waals surface area contributed by atoms with Crippen molar-refractivity contribution in [1.29, 1.82) is 0 Å². The Kier molecular flexibility index (Phi) is 4.59. The second-order valence-corrected chi connectivity index (χ2v) is 3.26. The summed E-state index contributed by atoms with van der Waals surface area (Å²) in [5.74, 6) is -0.591. The van der Waals surface area contributed by atoms with Gasteiger partial charge in [0.15, 0.2) is 0 Å². The van der Waals surface area contributed by atoms with Crippen LogP contribution in [0, 0.1) is 0 Å². The zero-order valence-corrected chi connectivity index (χ0v) is 8.34. The Bertz CT molecular complexity index is 165. The minimum atomic E-state index is -0.914. The molecule has 0 radical (unpaired) electrons. The third kappa shape index (κ3) is 2.36. The highest BCUT2D eigenvalue weighted by Gasteiger charge is 2.35. The quantitative estimate of drug-likeness (QED) is 0.521. The summed E-state index contributed by atoms with van der Waals surface area (Å²) in [6.45, 7) is 2.65. The van der Waals surface area contributed by atoms with Crippen LogP contribution >= 0.6 is 12.6 Å². The van der Waals surface area contributed by atoms with E-state index in [1.807, 2.05) is 0 Å². The zero-order chi connectivity index (χ0) is 9.78.